The molecule has 0 aromatic heterocycles. The number of allylic oxidation sites excluding steroid dienone is 2. The predicted molar refractivity (Wildman–Crippen MR) is 87.3 cm³/mol. The van der Waals surface area contributed by atoms with Crippen LogP contribution in [0.3, 0.4) is 0 Å². The highest BCUT2D eigenvalue weighted by Crippen LogP contribution is 2.48. The van der Waals surface area contributed by atoms with Gasteiger partial charge in [-0.3, -0.25) is 14.4 Å². The Morgan fingerprint density at radius 1 is 1.16 bits per heavy atom. The molecule has 2 aliphatic carbocycles. The summed E-state index contributed by atoms with van der Waals surface area (Å²) in [6.07, 6.45) is 5.17. The number of carboxylic acids is 1. The second-order valence-corrected chi connectivity index (χ2v) is 6.86. The molecule has 3 aliphatic rings. The summed E-state index contributed by atoms with van der Waals surface area (Å²) in [7, 11) is 0. The number of carbonyl (C=O) groups excluding carboxylic acids is 2. The van der Waals surface area contributed by atoms with Crippen molar-refractivity contribution in [2.75, 3.05) is 10.6 Å². The molecule has 0 radical (unpaired) electrons. The van der Waals surface area contributed by atoms with Crippen molar-refractivity contribution in [3.05, 3.63) is 35.7 Å². The molecule has 6 nitrogen and oxygen atoms in total. The number of nitrogens with one attached hydrogen (secondary N) is 2. The van der Waals surface area contributed by atoms with Crippen LogP contribution in [0, 0.1) is 29.5 Å². The molecule has 0 unspecified atom stereocenters. The molecule has 1 aromatic carbocycles. The van der Waals surface area contributed by atoms with Gasteiger partial charge in [-0.25, -0.2) is 4.39 Å². The van der Waals surface area contributed by atoms with Gasteiger partial charge in [0.2, 0.25) is 11.8 Å². The molecule has 1 fully saturated rings. The average molecular weight is 344 g/mol. The largest absolute Gasteiger partial charge is 0.481 e. The summed E-state index contributed by atoms with van der Waals surface area (Å²) < 4.78 is 14.3. The number of hydrogen-bond acceptors (Lipinski definition) is 3. The topological polar surface area (TPSA) is 95.5 Å². The summed E-state index contributed by atoms with van der Waals surface area (Å²) in [5.74, 6) is -4.00. The first kappa shape index (κ1) is 15.8. The lowest BCUT2D eigenvalue weighted by Crippen LogP contribution is -2.36. The number of aryl methyl sites for hydroxylation is 1. The highest BCUT2D eigenvalue weighted by atomic mass is 19.1. The molecule has 130 valence electrons. The van der Waals surface area contributed by atoms with Crippen LogP contribution in [-0.2, 0) is 20.8 Å². The number of fused-ring (bicyclic) bond motifs is 3. The van der Waals surface area contributed by atoms with Gasteiger partial charge in [0.1, 0.15) is 5.82 Å². The molecule has 0 saturated heterocycles. The minimum atomic E-state index is -0.995. The first-order valence-electron chi connectivity index (χ1n) is 8.28. The zero-order valence-corrected chi connectivity index (χ0v) is 13.3. The minimum absolute atomic E-state index is 0.0239. The van der Waals surface area contributed by atoms with Crippen molar-refractivity contribution in [2.24, 2.45) is 23.7 Å². The number of benzene rings is 1. The van der Waals surface area contributed by atoms with Crippen LogP contribution in [0.4, 0.5) is 15.8 Å². The van der Waals surface area contributed by atoms with Crippen molar-refractivity contribution < 1.29 is 23.9 Å². The third-order valence-corrected chi connectivity index (χ3v) is 5.39. The Morgan fingerprint density at radius 2 is 1.88 bits per heavy atom. The van der Waals surface area contributed by atoms with E-state index in [0.29, 0.717) is 24.9 Å². The summed E-state index contributed by atoms with van der Waals surface area (Å²) in [5.41, 5.74) is 1.19. The van der Waals surface area contributed by atoms with Crippen molar-refractivity contribution in [1.82, 2.24) is 0 Å². The van der Waals surface area contributed by atoms with Crippen molar-refractivity contribution in [2.45, 2.75) is 19.3 Å². The normalized spacial score (nSPS) is 29.2. The lowest BCUT2D eigenvalue weighted by atomic mass is 9.82. The number of halogens is 1. The van der Waals surface area contributed by atoms with E-state index in [1.54, 1.807) is 0 Å². The second kappa shape index (κ2) is 5.68. The Kier molecular flexibility index (Phi) is 3.59. The van der Waals surface area contributed by atoms with Crippen LogP contribution in [0.2, 0.25) is 0 Å². The van der Waals surface area contributed by atoms with Gasteiger partial charge in [-0.1, -0.05) is 12.2 Å². The van der Waals surface area contributed by atoms with E-state index in [2.05, 4.69) is 10.6 Å². The molecule has 25 heavy (non-hydrogen) atoms. The van der Waals surface area contributed by atoms with Gasteiger partial charge in [0, 0.05) is 12.1 Å². The van der Waals surface area contributed by atoms with Gasteiger partial charge in [0.05, 0.1) is 17.5 Å². The lowest BCUT2D eigenvalue weighted by molar-refractivity contribution is -0.146. The molecule has 1 saturated carbocycles. The monoisotopic (exact) mass is 344 g/mol. The van der Waals surface area contributed by atoms with Crippen molar-refractivity contribution in [3.63, 3.8) is 0 Å². The number of rotatable bonds is 3. The van der Waals surface area contributed by atoms with Crippen molar-refractivity contribution >= 4 is 29.2 Å². The maximum atomic E-state index is 14.3. The van der Waals surface area contributed by atoms with Crippen LogP contribution in [0.5, 0.6) is 0 Å². The molecule has 4 atom stereocenters. The third-order valence-electron chi connectivity index (χ3n) is 5.39. The summed E-state index contributed by atoms with van der Waals surface area (Å²) in [6.45, 7) is 0. The van der Waals surface area contributed by atoms with Crippen molar-refractivity contribution in [3.8, 4) is 0 Å². The maximum Gasteiger partial charge on any atom is 0.307 e. The van der Waals surface area contributed by atoms with E-state index < -0.39 is 29.5 Å². The number of hydrogen-bond donors (Lipinski definition) is 3. The summed E-state index contributed by atoms with van der Waals surface area (Å²) in [4.78, 5) is 35.5. The summed E-state index contributed by atoms with van der Waals surface area (Å²) in [6, 6.07) is 2.71. The Balaban J connectivity index is 1.58. The maximum absolute atomic E-state index is 14.3. The summed E-state index contributed by atoms with van der Waals surface area (Å²) in [5, 5.41) is 14.6. The fourth-order valence-corrected chi connectivity index (χ4v) is 4.23. The van der Waals surface area contributed by atoms with Crippen LogP contribution in [-0.4, -0.2) is 22.9 Å². The summed E-state index contributed by atoms with van der Waals surface area (Å²) >= 11 is 0. The molecule has 2 bridgehead atoms. The molecule has 1 aliphatic heterocycles. The van der Waals surface area contributed by atoms with Crippen LogP contribution >= 0.6 is 0 Å². The van der Waals surface area contributed by atoms with Gasteiger partial charge in [0.15, 0.2) is 0 Å². The standard InChI is InChI=1S/C18H17FN2O4/c19-11-7-12-8(3-4-14(22)20-12)6-13(11)21-17(23)15-9-1-2-10(5-9)16(15)18(24)25/h1-2,6-7,9-10,15-16H,3-5H2,(H,20,22)(H,21,23)(H,24,25)/t9-,10-,15-,16-/m0/s1. The Hall–Kier alpha value is -2.70. The average Bonchev–Trinajstić information content (AvgIpc) is 3.16. The van der Waals surface area contributed by atoms with E-state index in [1.807, 2.05) is 12.2 Å². The van der Waals surface area contributed by atoms with E-state index in [0.717, 1.165) is 5.56 Å². The fraction of sp³-hybridized carbons (Fsp3) is 0.389. The highest BCUT2D eigenvalue weighted by molar-refractivity contribution is 5.98. The minimum Gasteiger partial charge on any atom is -0.481 e. The number of carboxylic acid groups (broad SMARTS) is 1. The quantitative estimate of drug-likeness (QED) is 0.732. The molecule has 7 heteroatoms. The van der Waals surface area contributed by atoms with Gasteiger partial charge in [-0.2, -0.15) is 0 Å². The van der Waals surface area contributed by atoms with E-state index in [4.69, 9.17) is 0 Å². The van der Waals surface area contributed by atoms with Gasteiger partial charge < -0.3 is 15.7 Å². The molecule has 1 heterocycles. The van der Waals surface area contributed by atoms with Gasteiger partial charge >= 0.3 is 5.97 Å². The van der Waals surface area contributed by atoms with Crippen LogP contribution in [0.25, 0.3) is 0 Å². The molecule has 2 amide bonds. The SMILES string of the molecule is O=C1CCc2cc(NC(=O)[C@@H]3[C@@H](C(=O)O)[C@H]4C=C[C@H]3C4)c(F)cc2N1. The van der Waals surface area contributed by atoms with Crippen LogP contribution < -0.4 is 10.6 Å². The smallest absolute Gasteiger partial charge is 0.307 e. The third kappa shape index (κ3) is 2.59. The van der Waals surface area contributed by atoms with Crippen LogP contribution in [0.1, 0.15) is 18.4 Å². The number of anilines is 2. The molecule has 4 rings (SSSR count). The van der Waals surface area contributed by atoms with Gasteiger partial charge in [-0.15, -0.1) is 0 Å². The Bertz CT molecular complexity index is 820. The second-order valence-electron chi connectivity index (χ2n) is 6.86. The highest BCUT2D eigenvalue weighted by Gasteiger charge is 2.51. The Morgan fingerprint density at radius 3 is 2.60 bits per heavy atom. The number of aliphatic carboxylic acids is 1. The van der Waals surface area contributed by atoms with E-state index in [-0.39, 0.29) is 23.4 Å². The lowest BCUT2D eigenvalue weighted by Gasteiger charge is -2.24. The van der Waals surface area contributed by atoms with E-state index in [1.165, 1.54) is 12.1 Å². The molecule has 1 aromatic rings. The fourth-order valence-electron chi connectivity index (χ4n) is 4.23. The number of carbonyl (C=O) groups is 3. The van der Waals surface area contributed by atoms with Gasteiger partial charge in [0.25, 0.3) is 0 Å². The molecular formula is C18H17FN2O4. The van der Waals surface area contributed by atoms with Crippen LogP contribution in [0.15, 0.2) is 24.3 Å². The first-order chi connectivity index (χ1) is 11.9. The Labute approximate surface area is 143 Å². The predicted octanol–water partition coefficient (Wildman–Crippen LogP) is 2.17. The van der Waals surface area contributed by atoms with Gasteiger partial charge in [-0.05, 0) is 42.4 Å². The zero-order valence-electron chi connectivity index (χ0n) is 13.3. The first-order valence-corrected chi connectivity index (χ1v) is 8.28. The molecule has 0 spiro atoms. The molecule has 3 N–H and O–H groups in total. The van der Waals surface area contributed by atoms with E-state index >= 15 is 0 Å². The van der Waals surface area contributed by atoms with E-state index in [9.17, 15) is 23.9 Å². The molecular weight excluding hydrogens is 327 g/mol. The zero-order chi connectivity index (χ0) is 17.7. The van der Waals surface area contributed by atoms with Crippen molar-refractivity contribution in [1.29, 1.82) is 0 Å². The number of amides is 2.